The number of piperidine rings is 1. The average Bonchev–Trinajstić information content (AvgIpc) is 2.69. The van der Waals surface area contributed by atoms with Crippen molar-refractivity contribution in [3.05, 3.63) is 53.6 Å². The van der Waals surface area contributed by atoms with E-state index < -0.39 is 15.9 Å². The highest BCUT2D eigenvalue weighted by Gasteiger charge is 2.26. The summed E-state index contributed by atoms with van der Waals surface area (Å²) in [4.78, 5) is 12.3. The number of ether oxygens (including phenoxy) is 1. The van der Waals surface area contributed by atoms with Crippen LogP contribution in [-0.4, -0.2) is 38.3 Å². The van der Waals surface area contributed by atoms with E-state index in [0.717, 1.165) is 19.3 Å². The maximum absolute atomic E-state index is 12.8. The summed E-state index contributed by atoms with van der Waals surface area (Å²) >= 11 is 6.13. The summed E-state index contributed by atoms with van der Waals surface area (Å²) < 4.78 is 32.5. The molecular formula is C19H21ClN2O4S. The van der Waals surface area contributed by atoms with Crippen LogP contribution in [-0.2, 0) is 14.8 Å². The molecule has 144 valence electrons. The van der Waals surface area contributed by atoms with E-state index in [0.29, 0.717) is 18.8 Å². The summed E-state index contributed by atoms with van der Waals surface area (Å²) in [6.07, 6.45) is 2.75. The zero-order valence-corrected chi connectivity index (χ0v) is 16.3. The molecule has 1 aliphatic heterocycles. The fourth-order valence-electron chi connectivity index (χ4n) is 2.87. The minimum atomic E-state index is -3.60. The third-order valence-corrected chi connectivity index (χ3v) is 6.50. The molecule has 1 fully saturated rings. The number of nitrogens with zero attached hydrogens (tertiary/aromatic N) is 1. The van der Waals surface area contributed by atoms with E-state index >= 15 is 0 Å². The first-order chi connectivity index (χ1) is 13.0. The van der Waals surface area contributed by atoms with E-state index in [9.17, 15) is 13.2 Å². The fourth-order valence-corrected chi connectivity index (χ4v) is 4.58. The number of halogens is 1. The standard InChI is InChI=1S/C19H21ClN2O4S/c20-17-10-9-16(27(24,25)22-11-5-2-6-12-22)13-18(17)21-19(23)14-26-15-7-3-1-4-8-15/h1,3-4,7-10,13H,2,5-6,11-12,14H2,(H,21,23). The molecule has 2 aromatic carbocycles. The van der Waals surface area contributed by atoms with Crippen molar-refractivity contribution in [1.29, 1.82) is 0 Å². The normalized spacial score (nSPS) is 15.3. The van der Waals surface area contributed by atoms with Gasteiger partial charge in [-0.2, -0.15) is 4.31 Å². The number of sulfonamides is 1. The maximum Gasteiger partial charge on any atom is 0.262 e. The number of amides is 1. The second-order valence-corrected chi connectivity index (χ2v) is 8.60. The first-order valence-electron chi connectivity index (χ1n) is 8.74. The second kappa shape index (κ2) is 8.73. The smallest absolute Gasteiger partial charge is 0.262 e. The Labute approximate surface area is 164 Å². The predicted octanol–water partition coefficient (Wildman–Crippen LogP) is 3.53. The van der Waals surface area contributed by atoms with E-state index in [4.69, 9.17) is 16.3 Å². The van der Waals surface area contributed by atoms with Crippen LogP contribution in [0.2, 0.25) is 5.02 Å². The van der Waals surface area contributed by atoms with Crippen molar-refractivity contribution in [2.45, 2.75) is 24.2 Å². The molecule has 8 heteroatoms. The Hall–Kier alpha value is -2.09. The Bertz CT molecular complexity index is 897. The van der Waals surface area contributed by atoms with Gasteiger partial charge < -0.3 is 10.1 Å². The van der Waals surface area contributed by atoms with Gasteiger partial charge in [0.15, 0.2) is 6.61 Å². The topological polar surface area (TPSA) is 75.7 Å². The number of carbonyl (C=O) groups excluding carboxylic acids is 1. The minimum Gasteiger partial charge on any atom is -0.484 e. The third kappa shape index (κ3) is 5.00. The van der Waals surface area contributed by atoms with Crippen molar-refractivity contribution in [3.8, 4) is 5.75 Å². The van der Waals surface area contributed by atoms with Crippen molar-refractivity contribution in [2.75, 3.05) is 25.0 Å². The summed E-state index contributed by atoms with van der Waals surface area (Å²) in [5.41, 5.74) is 0.247. The molecular weight excluding hydrogens is 388 g/mol. The molecule has 1 heterocycles. The Morgan fingerprint density at radius 1 is 1.07 bits per heavy atom. The van der Waals surface area contributed by atoms with Gasteiger partial charge in [-0.1, -0.05) is 36.2 Å². The lowest BCUT2D eigenvalue weighted by Gasteiger charge is -2.26. The predicted molar refractivity (Wildman–Crippen MR) is 105 cm³/mol. The van der Waals surface area contributed by atoms with Crippen LogP contribution in [0.3, 0.4) is 0 Å². The van der Waals surface area contributed by atoms with Gasteiger partial charge in [0.1, 0.15) is 5.75 Å². The summed E-state index contributed by atoms with van der Waals surface area (Å²) in [6, 6.07) is 13.3. The van der Waals surface area contributed by atoms with Gasteiger partial charge in [0, 0.05) is 13.1 Å². The molecule has 0 spiro atoms. The first-order valence-corrected chi connectivity index (χ1v) is 10.6. The largest absolute Gasteiger partial charge is 0.484 e. The zero-order chi connectivity index (χ0) is 19.3. The van der Waals surface area contributed by atoms with Crippen LogP contribution in [0.4, 0.5) is 5.69 Å². The lowest BCUT2D eigenvalue weighted by molar-refractivity contribution is -0.118. The lowest BCUT2D eigenvalue weighted by atomic mass is 10.2. The number of hydrogen-bond donors (Lipinski definition) is 1. The Morgan fingerprint density at radius 3 is 2.48 bits per heavy atom. The number of nitrogens with one attached hydrogen (secondary N) is 1. The summed E-state index contributed by atoms with van der Waals surface area (Å²) in [7, 11) is -3.60. The molecule has 0 atom stereocenters. The molecule has 1 amide bonds. The highest BCUT2D eigenvalue weighted by Crippen LogP contribution is 2.28. The highest BCUT2D eigenvalue weighted by molar-refractivity contribution is 7.89. The molecule has 0 aliphatic carbocycles. The average molecular weight is 409 g/mol. The van der Waals surface area contributed by atoms with Crippen molar-refractivity contribution in [3.63, 3.8) is 0 Å². The van der Waals surface area contributed by atoms with Gasteiger partial charge in [-0.25, -0.2) is 8.42 Å². The number of rotatable bonds is 6. The summed E-state index contributed by atoms with van der Waals surface area (Å²) in [6.45, 7) is 0.818. The van der Waals surface area contributed by atoms with Gasteiger partial charge >= 0.3 is 0 Å². The van der Waals surface area contributed by atoms with Gasteiger partial charge in [-0.3, -0.25) is 4.79 Å². The molecule has 1 saturated heterocycles. The first kappa shape index (κ1) is 19.7. The van der Waals surface area contributed by atoms with E-state index in [1.54, 1.807) is 24.3 Å². The maximum atomic E-state index is 12.8. The van der Waals surface area contributed by atoms with Crippen LogP contribution in [0.1, 0.15) is 19.3 Å². The molecule has 2 aromatic rings. The van der Waals surface area contributed by atoms with Crippen LogP contribution in [0.5, 0.6) is 5.75 Å². The molecule has 1 N–H and O–H groups in total. The van der Waals surface area contributed by atoms with E-state index in [-0.39, 0.29) is 22.2 Å². The molecule has 6 nitrogen and oxygen atoms in total. The molecule has 1 aliphatic rings. The molecule has 0 radical (unpaired) electrons. The second-order valence-electron chi connectivity index (χ2n) is 6.26. The quantitative estimate of drug-likeness (QED) is 0.793. The minimum absolute atomic E-state index is 0.119. The van der Waals surface area contributed by atoms with Crippen LogP contribution in [0.25, 0.3) is 0 Å². The Balaban J connectivity index is 1.70. The van der Waals surface area contributed by atoms with Gasteiger partial charge in [0.25, 0.3) is 5.91 Å². The third-order valence-electron chi connectivity index (χ3n) is 4.28. The molecule has 0 saturated carbocycles. The zero-order valence-electron chi connectivity index (χ0n) is 14.7. The Morgan fingerprint density at radius 2 is 1.78 bits per heavy atom. The number of para-hydroxylation sites is 1. The number of anilines is 1. The van der Waals surface area contributed by atoms with E-state index in [1.165, 1.54) is 22.5 Å². The van der Waals surface area contributed by atoms with Crippen LogP contribution >= 0.6 is 11.6 Å². The van der Waals surface area contributed by atoms with Gasteiger partial charge in [-0.05, 0) is 43.2 Å². The molecule has 0 bridgehead atoms. The molecule has 0 unspecified atom stereocenters. The van der Waals surface area contributed by atoms with Crippen molar-refractivity contribution >= 4 is 33.2 Å². The molecule has 0 aromatic heterocycles. The van der Waals surface area contributed by atoms with Crippen LogP contribution in [0.15, 0.2) is 53.4 Å². The van der Waals surface area contributed by atoms with E-state index in [2.05, 4.69) is 5.32 Å². The van der Waals surface area contributed by atoms with Gasteiger partial charge in [0.2, 0.25) is 10.0 Å². The summed E-state index contributed by atoms with van der Waals surface area (Å²) in [5, 5.41) is 2.88. The highest BCUT2D eigenvalue weighted by atomic mass is 35.5. The Kier molecular flexibility index (Phi) is 6.36. The molecule has 27 heavy (non-hydrogen) atoms. The lowest BCUT2D eigenvalue weighted by Crippen LogP contribution is -2.35. The van der Waals surface area contributed by atoms with Crippen molar-refractivity contribution in [1.82, 2.24) is 4.31 Å². The van der Waals surface area contributed by atoms with E-state index in [1.807, 2.05) is 6.07 Å². The van der Waals surface area contributed by atoms with Gasteiger partial charge in [0.05, 0.1) is 15.6 Å². The SMILES string of the molecule is O=C(COc1ccccc1)Nc1cc(S(=O)(=O)N2CCCCC2)ccc1Cl. The van der Waals surface area contributed by atoms with Crippen molar-refractivity contribution < 1.29 is 17.9 Å². The monoisotopic (exact) mass is 408 g/mol. The summed E-state index contributed by atoms with van der Waals surface area (Å²) in [5.74, 6) is 0.147. The number of carbonyl (C=O) groups is 1. The number of hydrogen-bond acceptors (Lipinski definition) is 4. The fraction of sp³-hybridized carbons (Fsp3) is 0.316. The van der Waals surface area contributed by atoms with Crippen LogP contribution in [0, 0.1) is 0 Å². The molecule has 3 rings (SSSR count). The van der Waals surface area contributed by atoms with Crippen LogP contribution < -0.4 is 10.1 Å². The number of benzene rings is 2. The van der Waals surface area contributed by atoms with Crippen molar-refractivity contribution in [2.24, 2.45) is 0 Å². The van der Waals surface area contributed by atoms with Gasteiger partial charge in [-0.15, -0.1) is 0 Å².